The highest BCUT2D eigenvalue weighted by Gasteiger charge is 2.06. The summed E-state index contributed by atoms with van der Waals surface area (Å²) >= 11 is 0. The summed E-state index contributed by atoms with van der Waals surface area (Å²) in [5.74, 6) is 5.89. The molecule has 0 saturated heterocycles. The Morgan fingerprint density at radius 2 is 2.05 bits per heavy atom. The van der Waals surface area contributed by atoms with Crippen LogP contribution in [0.5, 0.6) is 6.01 Å². The number of nitrogens with one attached hydrogen (secondary N) is 2. The normalized spacial score (nSPS) is 10.1. The Kier molecular flexibility index (Phi) is 4.04. The van der Waals surface area contributed by atoms with Crippen LogP contribution >= 0.6 is 0 Å². The van der Waals surface area contributed by atoms with E-state index in [4.69, 9.17) is 10.6 Å². The Hall–Kier alpha value is -2.48. The molecule has 0 aliphatic rings. The van der Waals surface area contributed by atoms with Crippen LogP contribution in [0.3, 0.4) is 0 Å². The largest absolute Gasteiger partial charge is 0.467 e. The van der Waals surface area contributed by atoms with Crippen molar-refractivity contribution in [1.82, 2.24) is 19.9 Å². The molecule has 0 aliphatic heterocycles. The molecular weight excluding hydrogens is 246 g/mol. The molecule has 4 N–H and O–H groups in total. The lowest BCUT2D eigenvalue weighted by Gasteiger charge is -2.08. The van der Waals surface area contributed by atoms with Crippen LogP contribution in [0.2, 0.25) is 0 Å². The van der Waals surface area contributed by atoms with Crippen LogP contribution in [0.4, 0.5) is 11.9 Å². The maximum atomic E-state index is 5.28. The number of hydrogen-bond donors (Lipinski definition) is 3. The highest BCUT2D eigenvalue weighted by molar-refractivity contribution is 5.36. The predicted molar refractivity (Wildman–Crippen MR) is 70.5 cm³/mol. The quantitative estimate of drug-likeness (QED) is 0.526. The van der Waals surface area contributed by atoms with E-state index in [0.29, 0.717) is 12.5 Å². The van der Waals surface area contributed by atoms with Gasteiger partial charge in [0, 0.05) is 18.9 Å². The van der Waals surface area contributed by atoms with Crippen molar-refractivity contribution in [3.05, 3.63) is 29.6 Å². The lowest BCUT2D eigenvalue weighted by Crippen LogP contribution is -2.14. The molecule has 0 unspecified atom stereocenters. The van der Waals surface area contributed by atoms with Gasteiger partial charge in [-0.25, -0.2) is 5.84 Å². The molecule has 2 aromatic heterocycles. The third-order valence-electron chi connectivity index (χ3n) is 2.51. The number of aryl methyl sites for hydroxylation is 1. The Morgan fingerprint density at radius 3 is 2.74 bits per heavy atom. The molecule has 2 rings (SSSR count). The number of ether oxygens (including phenoxy) is 1. The van der Waals surface area contributed by atoms with Gasteiger partial charge in [0.15, 0.2) is 0 Å². The van der Waals surface area contributed by atoms with Crippen LogP contribution in [-0.2, 0) is 6.54 Å². The van der Waals surface area contributed by atoms with Crippen molar-refractivity contribution in [2.45, 2.75) is 13.5 Å². The van der Waals surface area contributed by atoms with Crippen molar-refractivity contribution in [2.75, 3.05) is 17.9 Å². The highest BCUT2D eigenvalue weighted by atomic mass is 16.5. The second-order valence-electron chi connectivity index (χ2n) is 3.77. The molecule has 0 atom stereocenters. The molecule has 0 radical (unpaired) electrons. The van der Waals surface area contributed by atoms with Crippen molar-refractivity contribution in [1.29, 1.82) is 0 Å². The molecule has 0 saturated carbocycles. The van der Waals surface area contributed by atoms with Gasteiger partial charge in [-0.05, 0) is 24.1 Å². The van der Waals surface area contributed by atoms with Crippen molar-refractivity contribution in [3.8, 4) is 6.01 Å². The van der Waals surface area contributed by atoms with Crippen molar-refractivity contribution < 1.29 is 4.74 Å². The number of hydrogen-bond acceptors (Lipinski definition) is 8. The fraction of sp³-hybridized carbons (Fsp3) is 0.273. The van der Waals surface area contributed by atoms with Crippen LogP contribution in [0.25, 0.3) is 0 Å². The summed E-state index contributed by atoms with van der Waals surface area (Å²) in [5.41, 5.74) is 4.56. The molecule has 0 aromatic carbocycles. The summed E-state index contributed by atoms with van der Waals surface area (Å²) in [6.07, 6.45) is 3.55. The van der Waals surface area contributed by atoms with Gasteiger partial charge in [0.05, 0.1) is 7.11 Å². The molecule has 2 aromatic rings. The zero-order valence-electron chi connectivity index (χ0n) is 10.7. The van der Waals surface area contributed by atoms with E-state index in [-0.39, 0.29) is 12.0 Å². The first-order chi connectivity index (χ1) is 9.22. The van der Waals surface area contributed by atoms with Gasteiger partial charge in [-0.15, -0.1) is 0 Å². The SMILES string of the molecule is COc1nc(NN)nc(NCc2cnccc2C)n1. The first-order valence-electron chi connectivity index (χ1n) is 5.63. The predicted octanol–water partition coefficient (Wildman–Crippen LogP) is 0.481. The van der Waals surface area contributed by atoms with Crippen LogP contribution in [0.15, 0.2) is 18.5 Å². The molecule has 0 amide bonds. The lowest BCUT2D eigenvalue weighted by atomic mass is 10.2. The molecule has 0 aliphatic carbocycles. The van der Waals surface area contributed by atoms with Gasteiger partial charge in [0.1, 0.15) is 0 Å². The van der Waals surface area contributed by atoms with E-state index in [1.54, 1.807) is 12.4 Å². The maximum Gasteiger partial charge on any atom is 0.322 e. The zero-order chi connectivity index (χ0) is 13.7. The highest BCUT2D eigenvalue weighted by Crippen LogP contribution is 2.12. The van der Waals surface area contributed by atoms with Gasteiger partial charge in [-0.1, -0.05) is 0 Å². The molecule has 8 heteroatoms. The number of nitrogen functional groups attached to an aromatic ring is 1. The van der Waals surface area contributed by atoms with Gasteiger partial charge >= 0.3 is 6.01 Å². The van der Waals surface area contributed by atoms with Crippen LogP contribution < -0.4 is 21.3 Å². The summed E-state index contributed by atoms with van der Waals surface area (Å²) in [6.45, 7) is 2.57. The summed E-state index contributed by atoms with van der Waals surface area (Å²) in [4.78, 5) is 16.1. The minimum absolute atomic E-state index is 0.188. The number of methoxy groups -OCH3 is 1. The van der Waals surface area contributed by atoms with Crippen molar-refractivity contribution in [2.24, 2.45) is 5.84 Å². The average Bonchev–Trinajstić information content (AvgIpc) is 2.46. The zero-order valence-corrected chi connectivity index (χ0v) is 10.7. The van der Waals surface area contributed by atoms with Gasteiger partial charge in [0.25, 0.3) is 0 Å². The number of pyridine rings is 1. The van der Waals surface area contributed by atoms with Gasteiger partial charge in [-0.3, -0.25) is 10.4 Å². The second-order valence-corrected chi connectivity index (χ2v) is 3.77. The van der Waals surface area contributed by atoms with Crippen molar-refractivity contribution >= 4 is 11.9 Å². The first-order valence-corrected chi connectivity index (χ1v) is 5.63. The number of nitrogens with two attached hydrogens (primary N) is 1. The first kappa shape index (κ1) is 13.0. The number of rotatable bonds is 5. The minimum atomic E-state index is 0.188. The van der Waals surface area contributed by atoms with E-state index in [0.717, 1.165) is 11.1 Å². The topological polar surface area (TPSA) is 111 Å². The standard InChI is InChI=1S/C11H15N7O/c1-7-3-4-13-5-8(7)6-14-9-15-10(18-12)17-11(16-9)19-2/h3-5H,6,12H2,1-2H3,(H2,14,15,16,17,18). The number of anilines is 2. The number of nitrogens with zero attached hydrogens (tertiary/aromatic N) is 4. The van der Waals surface area contributed by atoms with E-state index >= 15 is 0 Å². The minimum Gasteiger partial charge on any atom is -0.467 e. The molecule has 0 fully saturated rings. The molecule has 2 heterocycles. The smallest absolute Gasteiger partial charge is 0.322 e. The van der Waals surface area contributed by atoms with E-state index in [1.165, 1.54) is 7.11 Å². The monoisotopic (exact) mass is 261 g/mol. The average molecular weight is 261 g/mol. The molecular formula is C11H15N7O. The van der Waals surface area contributed by atoms with Gasteiger partial charge in [0.2, 0.25) is 11.9 Å². The third-order valence-corrected chi connectivity index (χ3v) is 2.51. The second kappa shape index (κ2) is 5.91. The fourth-order valence-corrected chi connectivity index (χ4v) is 1.45. The Bertz CT molecular complexity index is 538. The van der Waals surface area contributed by atoms with Crippen LogP contribution in [0.1, 0.15) is 11.1 Å². The van der Waals surface area contributed by atoms with Crippen molar-refractivity contribution in [3.63, 3.8) is 0 Å². The van der Waals surface area contributed by atoms with Gasteiger partial charge in [-0.2, -0.15) is 15.0 Å². The molecule has 0 bridgehead atoms. The lowest BCUT2D eigenvalue weighted by molar-refractivity contribution is 0.379. The summed E-state index contributed by atoms with van der Waals surface area (Å²) in [6, 6.07) is 2.13. The third kappa shape index (κ3) is 3.26. The fourth-order valence-electron chi connectivity index (χ4n) is 1.45. The molecule has 0 spiro atoms. The molecule has 19 heavy (non-hydrogen) atoms. The van der Waals surface area contributed by atoms with Crippen LogP contribution in [0, 0.1) is 6.92 Å². The van der Waals surface area contributed by atoms with E-state index in [1.807, 2.05) is 13.0 Å². The van der Waals surface area contributed by atoms with E-state index in [9.17, 15) is 0 Å². The Balaban J connectivity index is 2.13. The molecule has 8 nitrogen and oxygen atoms in total. The number of hydrazine groups is 1. The van der Waals surface area contributed by atoms with E-state index < -0.39 is 0 Å². The van der Waals surface area contributed by atoms with Gasteiger partial charge < -0.3 is 10.1 Å². The summed E-state index contributed by atoms with van der Waals surface area (Å²) < 4.78 is 4.96. The summed E-state index contributed by atoms with van der Waals surface area (Å²) in [7, 11) is 1.48. The Morgan fingerprint density at radius 1 is 1.26 bits per heavy atom. The maximum absolute atomic E-state index is 5.28. The molecule has 100 valence electrons. The van der Waals surface area contributed by atoms with Crippen LogP contribution in [-0.4, -0.2) is 27.0 Å². The Labute approximate surface area is 110 Å². The summed E-state index contributed by atoms with van der Waals surface area (Å²) in [5, 5.41) is 3.07. The van der Waals surface area contributed by atoms with E-state index in [2.05, 4.69) is 30.7 Å². The number of aromatic nitrogens is 4.